The van der Waals surface area contributed by atoms with Gasteiger partial charge in [-0.15, -0.1) is 11.3 Å². The highest BCUT2D eigenvalue weighted by molar-refractivity contribution is 7.13. The van der Waals surface area contributed by atoms with Gasteiger partial charge in [0.1, 0.15) is 5.82 Å². The fourth-order valence-corrected chi connectivity index (χ4v) is 4.40. The molecule has 5 rings (SSSR count). The number of benzene rings is 2. The summed E-state index contributed by atoms with van der Waals surface area (Å²) in [7, 11) is 0. The van der Waals surface area contributed by atoms with Crippen molar-refractivity contribution in [2.75, 3.05) is 5.32 Å². The molecule has 0 radical (unpaired) electrons. The van der Waals surface area contributed by atoms with Crippen LogP contribution in [0.3, 0.4) is 0 Å². The number of thiazole rings is 1. The maximum atomic E-state index is 12.7. The number of amides is 1. The summed E-state index contributed by atoms with van der Waals surface area (Å²) in [5, 5.41) is 5.04. The van der Waals surface area contributed by atoms with Gasteiger partial charge in [-0.25, -0.2) is 4.98 Å². The molecular formula is C23H19N3OS. The lowest BCUT2D eigenvalue weighted by atomic mass is 9.90. The van der Waals surface area contributed by atoms with Crippen molar-refractivity contribution in [3.8, 4) is 10.4 Å². The Kier molecular flexibility index (Phi) is 4.37. The first kappa shape index (κ1) is 17.1. The molecule has 4 aromatic rings. The zero-order valence-corrected chi connectivity index (χ0v) is 16.1. The van der Waals surface area contributed by atoms with Crippen molar-refractivity contribution in [1.29, 1.82) is 0 Å². The molecule has 0 unspecified atom stereocenters. The van der Waals surface area contributed by atoms with E-state index in [1.807, 2.05) is 36.0 Å². The Labute approximate surface area is 167 Å². The van der Waals surface area contributed by atoms with Gasteiger partial charge in [0.2, 0.25) is 0 Å². The first-order valence-electron chi connectivity index (χ1n) is 9.48. The number of hydrogen-bond donors (Lipinski definition) is 1. The Morgan fingerprint density at radius 2 is 1.82 bits per heavy atom. The van der Waals surface area contributed by atoms with Crippen molar-refractivity contribution in [1.82, 2.24) is 9.97 Å². The average Bonchev–Trinajstić information content (AvgIpc) is 3.28. The van der Waals surface area contributed by atoms with Crippen LogP contribution in [0.25, 0.3) is 21.2 Å². The third kappa shape index (κ3) is 3.29. The van der Waals surface area contributed by atoms with Gasteiger partial charge >= 0.3 is 0 Å². The van der Waals surface area contributed by atoms with Gasteiger partial charge in [0.05, 0.1) is 10.4 Å². The van der Waals surface area contributed by atoms with E-state index in [-0.39, 0.29) is 5.91 Å². The van der Waals surface area contributed by atoms with Crippen molar-refractivity contribution in [3.63, 3.8) is 0 Å². The second-order valence-corrected chi connectivity index (χ2v) is 8.03. The fraction of sp³-hybridized carbons (Fsp3) is 0.174. The van der Waals surface area contributed by atoms with Crippen molar-refractivity contribution in [2.24, 2.45) is 0 Å². The Hall–Kier alpha value is -3.05. The second-order valence-electron chi connectivity index (χ2n) is 7.14. The van der Waals surface area contributed by atoms with Gasteiger partial charge in [0, 0.05) is 23.3 Å². The summed E-state index contributed by atoms with van der Waals surface area (Å²) in [6.45, 7) is 0. The Morgan fingerprint density at radius 3 is 2.68 bits per heavy atom. The fourth-order valence-electron chi connectivity index (χ4n) is 3.78. The smallest absolute Gasteiger partial charge is 0.256 e. The second kappa shape index (κ2) is 7.17. The largest absolute Gasteiger partial charge is 0.307 e. The highest BCUT2D eigenvalue weighted by Crippen LogP contribution is 2.28. The van der Waals surface area contributed by atoms with E-state index in [9.17, 15) is 4.79 Å². The molecule has 0 bridgehead atoms. The zero-order valence-electron chi connectivity index (χ0n) is 15.3. The van der Waals surface area contributed by atoms with Gasteiger partial charge in [0.25, 0.3) is 5.91 Å². The van der Waals surface area contributed by atoms with Crippen LogP contribution < -0.4 is 5.32 Å². The normalized spacial score (nSPS) is 13.3. The molecule has 1 aliphatic carbocycles. The number of anilines is 1. The minimum Gasteiger partial charge on any atom is -0.307 e. The lowest BCUT2D eigenvalue weighted by Gasteiger charge is -2.16. The van der Waals surface area contributed by atoms with E-state index >= 15 is 0 Å². The predicted molar refractivity (Wildman–Crippen MR) is 114 cm³/mol. The standard InChI is InChI=1S/C23H19N3OS/c27-23(18-7-5-15-3-1-2-4-16(15)9-18)26-22-11-20-10-17(21-13-24-14-28-21)6-8-19(20)12-25-22/h5-14H,1-4H2,(H,25,26,27). The number of hydrogen-bond acceptors (Lipinski definition) is 4. The minimum absolute atomic E-state index is 0.112. The third-order valence-electron chi connectivity index (χ3n) is 5.29. The van der Waals surface area contributed by atoms with E-state index in [1.165, 1.54) is 24.0 Å². The Balaban J connectivity index is 1.42. The first-order chi connectivity index (χ1) is 13.8. The highest BCUT2D eigenvalue weighted by atomic mass is 32.1. The average molecular weight is 385 g/mol. The summed E-state index contributed by atoms with van der Waals surface area (Å²) >= 11 is 1.61. The highest BCUT2D eigenvalue weighted by Gasteiger charge is 2.13. The summed E-state index contributed by atoms with van der Waals surface area (Å²) in [6, 6.07) is 14.2. The first-order valence-corrected chi connectivity index (χ1v) is 10.4. The number of fused-ring (bicyclic) bond motifs is 2. The molecule has 1 amide bonds. The predicted octanol–water partition coefficient (Wildman–Crippen LogP) is 5.49. The van der Waals surface area contributed by atoms with E-state index in [1.54, 1.807) is 17.5 Å². The van der Waals surface area contributed by atoms with Gasteiger partial charge in [-0.05, 0) is 72.0 Å². The van der Waals surface area contributed by atoms with Gasteiger partial charge in [-0.3, -0.25) is 9.78 Å². The Bertz CT molecular complexity index is 1170. The van der Waals surface area contributed by atoms with Crippen LogP contribution in [0, 0.1) is 0 Å². The molecule has 0 saturated heterocycles. The molecule has 1 N–H and O–H groups in total. The maximum Gasteiger partial charge on any atom is 0.256 e. The molecule has 0 spiro atoms. The number of nitrogens with zero attached hydrogens (tertiary/aromatic N) is 2. The third-order valence-corrected chi connectivity index (χ3v) is 6.11. The topological polar surface area (TPSA) is 54.9 Å². The molecule has 0 fully saturated rings. The molecule has 28 heavy (non-hydrogen) atoms. The van der Waals surface area contributed by atoms with Gasteiger partial charge in [-0.2, -0.15) is 0 Å². The van der Waals surface area contributed by atoms with Crippen molar-refractivity contribution in [3.05, 3.63) is 77.1 Å². The Morgan fingerprint density at radius 1 is 0.929 bits per heavy atom. The van der Waals surface area contributed by atoms with Crippen LogP contribution in [0.2, 0.25) is 0 Å². The van der Waals surface area contributed by atoms with Crippen molar-refractivity contribution < 1.29 is 4.79 Å². The number of nitrogens with one attached hydrogen (secondary N) is 1. The molecule has 0 aliphatic heterocycles. The lowest BCUT2D eigenvalue weighted by Crippen LogP contribution is -2.14. The summed E-state index contributed by atoms with van der Waals surface area (Å²) in [4.78, 5) is 22.4. The molecule has 0 saturated carbocycles. The molecule has 0 atom stereocenters. The molecule has 1 aliphatic rings. The number of aryl methyl sites for hydroxylation is 2. The van der Waals surface area contributed by atoms with Crippen LogP contribution >= 0.6 is 11.3 Å². The summed E-state index contributed by atoms with van der Waals surface area (Å²) < 4.78 is 0. The van der Waals surface area contributed by atoms with Crippen LogP contribution in [0.15, 0.2) is 60.4 Å². The molecule has 2 aromatic carbocycles. The van der Waals surface area contributed by atoms with Crippen LogP contribution in [-0.4, -0.2) is 15.9 Å². The van der Waals surface area contributed by atoms with Crippen LogP contribution in [0.5, 0.6) is 0 Å². The monoisotopic (exact) mass is 385 g/mol. The summed E-state index contributed by atoms with van der Waals surface area (Å²) in [5.41, 5.74) is 6.33. The molecule has 4 nitrogen and oxygen atoms in total. The van der Waals surface area contributed by atoms with Gasteiger partial charge < -0.3 is 5.32 Å². The van der Waals surface area contributed by atoms with E-state index in [0.717, 1.165) is 34.1 Å². The number of carbonyl (C=O) groups excluding carboxylic acids is 1. The molecule has 5 heteroatoms. The van der Waals surface area contributed by atoms with Crippen LogP contribution in [-0.2, 0) is 12.8 Å². The summed E-state index contributed by atoms with van der Waals surface area (Å²) in [6.07, 6.45) is 8.28. The number of pyridine rings is 1. The van der Waals surface area contributed by atoms with Crippen LogP contribution in [0.4, 0.5) is 5.82 Å². The zero-order chi connectivity index (χ0) is 18.9. The van der Waals surface area contributed by atoms with Gasteiger partial charge in [0.15, 0.2) is 0 Å². The van der Waals surface area contributed by atoms with E-state index < -0.39 is 0 Å². The number of aromatic nitrogens is 2. The SMILES string of the molecule is O=C(Nc1cc2cc(-c3cncs3)ccc2cn1)c1ccc2c(c1)CCCC2. The summed E-state index contributed by atoms with van der Waals surface area (Å²) in [5.74, 6) is 0.454. The van der Waals surface area contributed by atoms with Crippen LogP contribution in [0.1, 0.15) is 34.3 Å². The molecule has 138 valence electrons. The van der Waals surface area contributed by atoms with E-state index in [4.69, 9.17) is 0 Å². The molecular weight excluding hydrogens is 366 g/mol. The minimum atomic E-state index is -0.112. The van der Waals surface area contributed by atoms with E-state index in [0.29, 0.717) is 11.4 Å². The van der Waals surface area contributed by atoms with Crippen molar-refractivity contribution >= 4 is 33.8 Å². The van der Waals surface area contributed by atoms with Crippen molar-refractivity contribution in [2.45, 2.75) is 25.7 Å². The van der Waals surface area contributed by atoms with E-state index in [2.05, 4.69) is 33.5 Å². The lowest BCUT2D eigenvalue weighted by molar-refractivity contribution is 0.102. The number of rotatable bonds is 3. The quantitative estimate of drug-likeness (QED) is 0.507. The molecule has 2 aromatic heterocycles. The van der Waals surface area contributed by atoms with Gasteiger partial charge in [-0.1, -0.05) is 18.2 Å². The molecule has 2 heterocycles. The maximum absolute atomic E-state index is 12.7. The number of carbonyl (C=O) groups is 1.